The number of hydrogen-bond acceptors (Lipinski definition) is 5. The Morgan fingerprint density at radius 2 is 2.12 bits per heavy atom. The number of halogens is 1. The minimum Gasteiger partial charge on any atom is -0.449 e. The highest BCUT2D eigenvalue weighted by Gasteiger charge is 2.31. The van der Waals surface area contributed by atoms with E-state index >= 15 is 0 Å². The summed E-state index contributed by atoms with van der Waals surface area (Å²) in [5.41, 5.74) is 1.53. The van der Waals surface area contributed by atoms with Gasteiger partial charge in [-0.2, -0.15) is 0 Å². The number of piperazine rings is 1. The molecule has 0 aromatic heterocycles. The van der Waals surface area contributed by atoms with Crippen LogP contribution in [0.25, 0.3) is 0 Å². The van der Waals surface area contributed by atoms with Crippen molar-refractivity contribution in [3.63, 3.8) is 0 Å². The Morgan fingerprint density at radius 1 is 1.38 bits per heavy atom. The highest BCUT2D eigenvalue weighted by atomic mass is 35.5. The highest BCUT2D eigenvalue weighted by Crippen LogP contribution is 2.30. The Bertz CT molecular complexity index is 708. The number of amides is 1. The molecule has 0 bridgehead atoms. The summed E-state index contributed by atoms with van der Waals surface area (Å²) in [7, 11) is 0. The number of rotatable bonds is 5. The first-order valence-electron chi connectivity index (χ1n) is 8.94. The molecular formula is C18H24ClN3O4. The van der Waals surface area contributed by atoms with Gasteiger partial charge in [-0.1, -0.05) is 11.6 Å². The summed E-state index contributed by atoms with van der Waals surface area (Å²) in [4.78, 5) is 27.0. The largest absolute Gasteiger partial charge is 0.449 e. The summed E-state index contributed by atoms with van der Waals surface area (Å²) in [5.74, 6) is 0.553. The maximum atomic E-state index is 12.2. The zero-order valence-corrected chi connectivity index (χ0v) is 15.9. The summed E-state index contributed by atoms with van der Waals surface area (Å²) in [6, 6.07) is 3.20. The van der Waals surface area contributed by atoms with Gasteiger partial charge in [-0.3, -0.25) is 15.0 Å². The molecular weight excluding hydrogens is 358 g/mol. The first-order valence-corrected chi connectivity index (χ1v) is 9.32. The van der Waals surface area contributed by atoms with E-state index in [1.165, 1.54) is 6.07 Å². The van der Waals surface area contributed by atoms with E-state index in [9.17, 15) is 14.9 Å². The van der Waals surface area contributed by atoms with Crippen LogP contribution in [0.1, 0.15) is 30.9 Å². The van der Waals surface area contributed by atoms with E-state index in [2.05, 4.69) is 4.90 Å². The molecule has 2 fully saturated rings. The number of nitro benzene ring substituents is 1. The summed E-state index contributed by atoms with van der Waals surface area (Å²) < 4.78 is 5.38. The van der Waals surface area contributed by atoms with Gasteiger partial charge in [-0.05, 0) is 44.2 Å². The maximum Gasteiger partial charge on any atom is 0.410 e. The molecule has 1 amide bonds. The first kappa shape index (κ1) is 18.9. The second-order valence-corrected chi connectivity index (χ2v) is 7.70. The van der Waals surface area contributed by atoms with Crippen LogP contribution >= 0.6 is 11.6 Å². The third-order valence-corrected chi connectivity index (χ3v) is 5.35. The molecule has 1 aromatic carbocycles. The molecule has 0 N–H and O–H groups in total. The van der Waals surface area contributed by atoms with E-state index in [4.69, 9.17) is 16.3 Å². The zero-order chi connectivity index (χ0) is 18.8. The Balaban J connectivity index is 1.60. The van der Waals surface area contributed by atoms with Gasteiger partial charge in [0.15, 0.2) is 0 Å². The highest BCUT2D eigenvalue weighted by molar-refractivity contribution is 6.30. The molecule has 142 valence electrons. The average Bonchev–Trinajstić information content (AvgIpc) is 3.40. The molecule has 0 radical (unpaired) electrons. The van der Waals surface area contributed by atoms with Gasteiger partial charge in [0.05, 0.1) is 11.5 Å². The van der Waals surface area contributed by atoms with Crippen molar-refractivity contribution in [3.8, 4) is 0 Å². The van der Waals surface area contributed by atoms with Crippen LogP contribution in [0.5, 0.6) is 0 Å². The van der Waals surface area contributed by atoms with E-state index in [0.29, 0.717) is 49.3 Å². The molecule has 0 spiro atoms. The fourth-order valence-electron chi connectivity index (χ4n) is 3.32. The van der Waals surface area contributed by atoms with E-state index in [-0.39, 0.29) is 17.8 Å². The number of benzene rings is 1. The molecule has 8 heteroatoms. The predicted octanol–water partition coefficient (Wildman–Crippen LogP) is 3.61. The number of ether oxygens (including phenoxy) is 1. The third kappa shape index (κ3) is 4.45. The van der Waals surface area contributed by atoms with Crippen molar-refractivity contribution in [2.75, 3.05) is 26.2 Å². The fraction of sp³-hybridized carbons (Fsp3) is 0.611. The smallest absolute Gasteiger partial charge is 0.410 e. The van der Waals surface area contributed by atoms with Crippen molar-refractivity contribution in [1.29, 1.82) is 0 Å². The topological polar surface area (TPSA) is 75.9 Å². The number of nitro groups is 1. The summed E-state index contributed by atoms with van der Waals surface area (Å²) in [5, 5.41) is 11.5. The van der Waals surface area contributed by atoms with E-state index < -0.39 is 4.92 Å². The first-order chi connectivity index (χ1) is 12.3. The van der Waals surface area contributed by atoms with E-state index in [1.807, 2.05) is 6.92 Å². The predicted molar refractivity (Wildman–Crippen MR) is 98.4 cm³/mol. The third-order valence-electron chi connectivity index (χ3n) is 5.13. The SMILES string of the molecule is Cc1c(CN2CCN(C(=O)OCC3CC3)[C@@H](C)C2)cc(Cl)cc1[N+](=O)[O-]. The van der Waals surface area contributed by atoms with Gasteiger partial charge in [-0.15, -0.1) is 0 Å². The van der Waals surface area contributed by atoms with Crippen LogP contribution in [0.2, 0.25) is 5.02 Å². The van der Waals surface area contributed by atoms with Gasteiger partial charge in [0.1, 0.15) is 0 Å². The summed E-state index contributed by atoms with van der Waals surface area (Å²) >= 11 is 6.05. The van der Waals surface area contributed by atoms with Crippen LogP contribution in [-0.4, -0.2) is 53.1 Å². The molecule has 1 aliphatic heterocycles. The lowest BCUT2D eigenvalue weighted by Crippen LogP contribution is -2.53. The Kier molecular flexibility index (Phi) is 5.67. The van der Waals surface area contributed by atoms with Gasteiger partial charge in [0.2, 0.25) is 0 Å². The van der Waals surface area contributed by atoms with Crippen molar-refractivity contribution in [2.45, 2.75) is 39.3 Å². The molecule has 1 atom stereocenters. The minimum absolute atomic E-state index is 0.0323. The lowest BCUT2D eigenvalue weighted by Gasteiger charge is -2.39. The molecule has 3 rings (SSSR count). The van der Waals surface area contributed by atoms with Crippen LogP contribution in [0.4, 0.5) is 10.5 Å². The van der Waals surface area contributed by atoms with Gasteiger partial charge < -0.3 is 9.64 Å². The van der Waals surface area contributed by atoms with E-state index in [1.54, 1.807) is 17.9 Å². The summed E-state index contributed by atoms with van der Waals surface area (Å²) in [6.45, 7) is 6.82. The normalized spacial score (nSPS) is 20.9. The Labute approximate surface area is 158 Å². The zero-order valence-electron chi connectivity index (χ0n) is 15.1. The second kappa shape index (κ2) is 7.80. The molecule has 1 saturated carbocycles. The molecule has 26 heavy (non-hydrogen) atoms. The molecule has 1 aliphatic carbocycles. The maximum absolute atomic E-state index is 12.2. The van der Waals surface area contributed by atoms with Crippen LogP contribution in [0, 0.1) is 23.0 Å². The van der Waals surface area contributed by atoms with Crippen molar-refractivity contribution in [2.24, 2.45) is 5.92 Å². The monoisotopic (exact) mass is 381 g/mol. The number of carbonyl (C=O) groups excluding carboxylic acids is 1. The standard InChI is InChI=1S/C18H24ClN3O4/c1-12-9-20(5-6-21(12)18(23)26-11-14-3-4-14)10-15-7-16(19)8-17(13(15)2)22(24)25/h7-8,12,14H,3-6,9-11H2,1-2H3/t12-/m0/s1. The number of carbonyl (C=O) groups is 1. The Hall–Kier alpha value is -1.86. The lowest BCUT2D eigenvalue weighted by atomic mass is 10.1. The van der Waals surface area contributed by atoms with Crippen molar-refractivity contribution >= 4 is 23.4 Å². The Morgan fingerprint density at radius 3 is 2.73 bits per heavy atom. The van der Waals surface area contributed by atoms with Gasteiger partial charge in [0, 0.05) is 48.9 Å². The molecule has 7 nitrogen and oxygen atoms in total. The van der Waals surface area contributed by atoms with E-state index in [0.717, 1.165) is 18.4 Å². The summed E-state index contributed by atoms with van der Waals surface area (Å²) in [6.07, 6.45) is 2.07. The van der Waals surface area contributed by atoms with Crippen molar-refractivity contribution in [1.82, 2.24) is 9.80 Å². The fourth-order valence-corrected chi connectivity index (χ4v) is 3.55. The number of nitrogens with zero attached hydrogens (tertiary/aromatic N) is 3. The molecule has 2 aliphatic rings. The molecule has 1 heterocycles. The minimum atomic E-state index is -0.402. The number of hydrogen-bond donors (Lipinski definition) is 0. The van der Waals surface area contributed by atoms with Gasteiger partial charge >= 0.3 is 6.09 Å². The van der Waals surface area contributed by atoms with Crippen molar-refractivity contribution < 1.29 is 14.5 Å². The van der Waals surface area contributed by atoms with Gasteiger partial charge in [0.25, 0.3) is 5.69 Å². The van der Waals surface area contributed by atoms with Crippen LogP contribution in [0.3, 0.4) is 0 Å². The molecule has 1 aromatic rings. The van der Waals surface area contributed by atoms with Crippen LogP contribution < -0.4 is 0 Å². The van der Waals surface area contributed by atoms with Crippen LogP contribution in [0.15, 0.2) is 12.1 Å². The quantitative estimate of drug-likeness (QED) is 0.575. The van der Waals surface area contributed by atoms with Gasteiger partial charge in [-0.25, -0.2) is 4.79 Å². The second-order valence-electron chi connectivity index (χ2n) is 7.26. The van der Waals surface area contributed by atoms with Crippen LogP contribution in [-0.2, 0) is 11.3 Å². The lowest BCUT2D eigenvalue weighted by molar-refractivity contribution is -0.385. The molecule has 0 unspecified atom stereocenters. The molecule has 1 saturated heterocycles. The van der Waals surface area contributed by atoms with Crippen molar-refractivity contribution in [3.05, 3.63) is 38.4 Å². The average molecular weight is 382 g/mol.